The quantitative estimate of drug-likeness (QED) is 0.420. The average Bonchev–Trinajstić information content (AvgIpc) is 2.74. The second-order valence-electron chi connectivity index (χ2n) is 7.82. The molecule has 1 aromatic rings. The zero-order valence-electron chi connectivity index (χ0n) is 16.6. The highest BCUT2D eigenvalue weighted by Gasteiger charge is 2.29. The summed E-state index contributed by atoms with van der Waals surface area (Å²) in [5.74, 6) is -1.53. The Hall–Kier alpha value is -1.92. The number of rotatable bonds is 6. The van der Waals surface area contributed by atoms with E-state index < -0.39 is 22.4 Å². The first-order chi connectivity index (χ1) is 14.4. The van der Waals surface area contributed by atoms with Crippen LogP contribution < -0.4 is 0 Å². The molecule has 6 nitrogen and oxygen atoms in total. The maximum absolute atomic E-state index is 12.7. The summed E-state index contributed by atoms with van der Waals surface area (Å²) in [4.78, 5) is 49.4. The molecular weight excluding hydrogens is 431 g/mol. The van der Waals surface area contributed by atoms with Crippen molar-refractivity contribution in [2.75, 3.05) is 0 Å². The number of ether oxygens (including phenoxy) is 2. The lowest BCUT2D eigenvalue weighted by molar-refractivity contribution is 0.0195. The Bertz CT molecular complexity index is 769. The zero-order chi connectivity index (χ0) is 21.7. The van der Waals surface area contributed by atoms with Crippen molar-refractivity contribution in [1.82, 2.24) is 0 Å². The molecule has 1 aromatic carbocycles. The molecule has 3 rings (SSSR count). The topological polar surface area (TPSA) is 86.7 Å². The molecule has 0 atom stereocenters. The van der Waals surface area contributed by atoms with E-state index in [1.807, 2.05) is 0 Å². The van der Waals surface area contributed by atoms with Crippen LogP contribution in [0.25, 0.3) is 0 Å². The van der Waals surface area contributed by atoms with Crippen molar-refractivity contribution in [1.29, 1.82) is 0 Å². The highest BCUT2D eigenvalue weighted by atomic mass is 35.5. The summed E-state index contributed by atoms with van der Waals surface area (Å²) < 4.78 is 11.0. The molecule has 2 fully saturated rings. The van der Waals surface area contributed by atoms with Gasteiger partial charge in [0, 0.05) is 11.1 Å². The van der Waals surface area contributed by atoms with Gasteiger partial charge >= 0.3 is 11.9 Å². The highest BCUT2D eigenvalue weighted by molar-refractivity contribution is 6.69. The van der Waals surface area contributed by atoms with Crippen molar-refractivity contribution in [2.45, 2.75) is 76.4 Å². The zero-order valence-corrected chi connectivity index (χ0v) is 18.1. The first-order valence-corrected chi connectivity index (χ1v) is 11.1. The van der Waals surface area contributed by atoms with Crippen molar-refractivity contribution in [2.24, 2.45) is 0 Å². The number of esters is 2. The van der Waals surface area contributed by atoms with Crippen LogP contribution >= 0.6 is 23.2 Å². The average molecular weight is 455 g/mol. The van der Waals surface area contributed by atoms with Crippen molar-refractivity contribution in [3.8, 4) is 0 Å². The minimum atomic E-state index is -0.939. The Morgan fingerprint density at radius 1 is 0.600 bits per heavy atom. The minimum absolute atomic E-state index is 0.182. The molecule has 30 heavy (non-hydrogen) atoms. The number of halogens is 2. The van der Waals surface area contributed by atoms with Gasteiger partial charge in [0.15, 0.2) is 0 Å². The summed E-state index contributed by atoms with van der Waals surface area (Å²) in [6, 6.07) is 2.21. The maximum Gasteiger partial charge on any atom is 0.339 e. The third kappa shape index (κ3) is 5.61. The van der Waals surface area contributed by atoms with Gasteiger partial charge in [0.25, 0.3) is 10.5 Å². The van der Waals surface area contributed by atoms with Crippen molar-refractivity contribution in [3.63, 3.8) is 0 Å². The lowest BCUT2D eigenvalue weighted by Gasteiger charge is -2.23. The van der Waals surface area contributed by atoms with Crippen molar-refractivity contribution >= 4 is 45.6 Å². The van der Waals surface area contributed by atoms with E-state index in [1.165, 1.54) is 0 Å². The molecule has 0 aliphatic heterocycles. The number of hydrogen-bond donors (Lipinski definition) is 0. The van der Waals surface area contributed by atoms with Crippen molar-refractivity contribution < 1.29 is 28.7 Å². The molecular formula is C22H24Cl2O6. The van der Waals surface area contributed by atoms with Gasteiger partial charge in [0.05, 0.1) is 11.1 Å². The summed E-state index contributed by atoms with van der Waals surface area (Å²) in [5.41, 5.74) is -0.790. The van der Waals surface area contributed by atoms with Gasteiger partial charge in [-0.1, -0.05) is 12.8 Å². The molecule has 2 aliphatic rings. The van der Waals surface area contributed by atoms with Crippen LogP contribution in [0.4, 0.5) is 0 Å². The van der Waals surface area contributed by atoms with Crippen LogP contribution in [-0.2, 0) is 9.47 Å². The van der Waals surface area contributed by atoms with Crippen LogP contribution in [0.3, 0.4) is 0 Å². The third-order valence-electron chi connectivity index (χ3n) is 5.67. The highest BCUT2D eigenvalue weighted by Crippen LogP contribution is 2.27. The Kier molecular flexibility index (Phi) is 7.89. The van der Waals surface area contributed by atoms with E-state index in [0.717, 1.165) is 76.3 Å². The van der Waals surface area contributed by atoms with E-state index in [9.17, 15) is 19.2 Å². The number of hydrogen-bond acceptors (Lipinski definition) is 6. The fourth-order valence-electron chi connectivity index (χ4n) is 4.06. The van der Waals surface area contributed by atoms with E-state index >= 15 is 0 Å². The molecule has 0 radical (unpaired) electrons. The molecule has 0 amide bonds. The third-order valence-corrected chi connectivity index (χ3v) is 6.08. The van der Waals surface area contributed by atoms with Gasteiger partial charge in [-0.05, 0) is 86.7 Å². The minimum Gasteiger partial charge on any atom is -0.459 e. The predicted octanol–water partition coefficient (Wildman–Crippen LogP) is 5.42. The summed E-state index contributed by atoms with van der Waals surface area (Å²) in [6.07, 6.45) is 8.44. The van der Waals surface area contributed by atoms with Crippen molar-refractivity contribution in [3.05, 3.63) is 34.4 Å². The number of benzene rings is 1. The van der Waals surface area contributed by atoms with E-state index in [1.54, 1.807) is 0 Å². The van der Waals surface area contributed by atoms with Crippen LogP contribution in [0.5, 0.6) is 0 Å². The maximum atomic E-state index is 12.7. The lowest BCUT2D eigenvalue weighted by atomic mass is 9.96. The molecule has 0 unspecified atom stereocenters. The second-order valence-corrected chi connectivity index (χ2v) is 8.51. The van der Waals surface area contributed by atoms with Gasteiger partial charge in [-0.2, -0.15) is 0 Å². The standard InChI is InChI=1S/C22H24Cl2O6/c23-19(25)15-12-18(22(28)30-14-9-5-2-6-10-14)16(20(24)26)11-17(15)21(27)29-13-7-3-1-4-8-13/h11-14H,1-10H2. The molecule has 0 heterocycles. The molecule has 2 aliphatic carbocycles. The summed E-state index contributed by atoms with van der Waals surface area (Å²) in [5, 5.41) is -1.88. The molecule has 0 aromatic heterocycles. The van der Waals surface area contributed by atoms with Crippen LogP contribution in [0.1, 0.15) is 106 Å². The Morgan fingerprint density at radius 3 is 1.23 bits per heavy atom. The number of carbonyl (C=O) groups is 4. The number of carbonyl (C=O) groups excluding carboxylic acids is 4. The smallest absolute Gasteiger partial charge is 0.339 e. The first kappa shape index (κ1) is 22.8. The monoisotopic (exact) mass is 454 g/mol. The van der Waals surface area contributed by atoms with Gasteiger partial charge < -0.3 is 9.47 Å². The molecule has 162 valence electrons. The van der Waals surface area contributed by atoms with Gasteiger partial charge in [-0.3, -0.25) is 9.59 Å². The van der Waals surface area contributed by atoms with E-state index in [-0.39, 0.29) is 34.5 Å². The Balaban J connectivity index is 1.90. The lowest BCUT2D eigenvalue weighted by Crippen LogP contribution is -2.24. The fraction of sp³-hybridized carbons (Fsp3) is 0.545. The molecule has 0 spiro atoms. The Labute approximate surface area is 185 Å². The largest absolute Gasteiger partial charge is 0.459 e. The van der Waals surface area contributed by atoms with E-state index in [0.29, 0.717) is 0 Å². The van der Waals surface area contributed by atoms with E-state index in [2.05, 4.69) is 0 Å². The molecule has 8 heteroatoms. The molecule has 0 bridgehead atoms. The van der Waals surface area contributed by atoms with Gasteiger partial charge in [0.2, 0.25) is 0 Å². The second kappa shape index (κ2) is 10.4. The van der Waals surface area contributed by atoms with Crippen LogP contribution in [0.2, 0.25) is 0 Å². The van der Waals surface area contributed by atoms with E-state index in [4.69, 9.17) is 32.7 Å². The SMILES string of the molecule is O=C(Cl)c1cc(C(=O)OC2CCCCC2)c(C(=O)Cl)cc1C(=O)OC1CCCCC1. The summed E-state index contributed by atoms with van der Waals surface area (Å²) >= 11 is 11.4. The van der Waals surface area contributed by atoms with Gasteiger partial charge in [0.1, 0.15) is 12.2 Å². The molecule has 0 N–H and O–H groups in total. The van der Waals surface area contributed by atoms with Gasteiger partial charge in [-0.25, -0.2) is 9.59 Å². The normalized spacial score (nSPS) is 17.9. The first-order valence-electron chi connectivity index (χ1n) is 10.4. The van der Waals surface area contributed by atoms with Crippen LogP contribution in [0.15, 0.2) is 12.1 Å². The predicted molar refractivity (Wildman–Crippen MR) is 111 cm³/mol. The summed E-state index contributed by atoms with van der Waals surface area (Å²) in [6.45, 7) is 0. The fourth-order valence-corrected chi connectivity index (χ4v) is 4.37. The van der Waals surface area contributed by atoms with Crippen LogP contribution in [-0.4, -0.2) is 34.6 Å². The summed E-state index contributed by atoms with van der Waals surface area (Å²) in [7, 11) is 0. The van der Waals surface area contributed by atoms with Crippen LogP contribution in [0, 0.1) is 0 Å². The molecule has 0 saturated heterocycles. The molecule has 2 saturated carbocycles. The van der Waals surface area contributed by atoms with Gasteiger partial charge in [-0.15, -0.1) is 0 Å². The Morgan fingerprint density at radius 2 is 0.933 bits per heavy atom.